The molecule has 0 radical (unpaired) electrons. The van der Waals surface area contributed by atoms with Crippen LogP contribution >= 0.6 is 0 Å². The lowest BCUT2D eigenvalue weighted by Gasteiger charge is -2.37. The van der Waals surface area contributed by atoms with E-state index in [9.17, 15) is 8.42 Å². The summed E-state index contributed by atoms with van der Waals surface area (Å²) < 4.78 is 32.9. The van der Waals surface area contributed by atoms with E-state index in [1.165, 1.54) is 5.56 Å². The molecule has 0 fully saturated rings. The Balaban J connectivity index is 2.18. The highest BCUT2D eigenvalue weighted by atomic mass is 32.2. The minimum atomic E-state index is -3.32. The normalized spacial score (nSPS) is 18.2. The molecule has 1 aliphatic heterocycles. The minimum absolute atomic E-state index is 0.167. The minimum Gasteiger partial charge on any atom is -0.496 e. The van der Waals surface area contributed by atoms with E-state index in [2.05, 4.69) is 6.07 Å². The van der Waals surface area contributed by atoms with Crippen LogP contribution in [-0.2, 0) is 16.4 Å². The molecule has 0 aromatic heterocycles. The molecule has 1 unspecified atom stereocenters. The van der Waals surface area contributed by atoms with Gasteiger partial charge in [0.05, 0.1) is 18.9 Å². The first-order chi connectivity index (χ1) is 11.6. The third kappa shape index (κ3) is 3.06. The molecule has 24 heavy (non-hydrogen) atoms. The van der Waals surface area contributed by atoms with Crippen LogP contribution in [0.25, 0.3) is 0 Å². The average molecular weight is 345 g/mol. The second kappa shape index (κ2) is 6.95. The van der Waals surface area contributed by atoms with Crippen molar-refractivity contribution in [2.45, 2.75) is 25.8 Å². The predicted octanol–water partition coefficient (Wildman–Crippen LogP) is 3.38. The molecule has 0 N–H and O–H groups in total. The van der Waals surface area contributed by atoms with Crippen LogP contribution in [0.4, 0.5) is 0 Å². The lowest BCUT2D eigenvalue weighted by Crippen LogP contribution is -2.41. The maximum Gasteiger partial charge on any atom is 0.214 e. The van der Waals surface area contributed by atoms with Gasteiger partial charge in [-0.25, -0.2) is 8.42 Å². The van der Waals surface area contributed by atoms with Gasteiger partial charge in [0.2, 0.25) is 10.0 Å². The van der Waals surface area contributed by atoms with Crippen LogP contribution in [0.15, 0.2) is 48.5 Å². The van der Waals surface area contributed by atoms with Crippen molar-refractivity contribution >= 4 is 10.0 Å². The third-order valence-electron chi connectivity index (χ3n) is 4.49. The van der Waals surface area contributed by atoms with Crippen molar-refractivity contribution in [2.75, 3.05) is 19.4 Å². The Morgan fingerprint density at radius 3 is 2.46 bits per heavy atom. The summed E-state index contributed by atoms with van der Waals surface area (Å²) in [4.78, 5) is 0. The fourth-order valence-corrected chi connectivity index (χ4v) is 5.10. The molecule has 2 aromatic carbocycles. The average Bonchev–Trinajstić information content (AvgIpc) is 2.60. The second-order valence-corrected chi connectivity index (χ2v) is 8.06. The first kappa shape index (κ1) is 17.0. The van der Waals surface area contributed by atoms with Gasteiger partial charge in [0.15, 0.2) is 0 Å². The Hall–Kier alpha value is -1.85. The monoisotopic (exact) mass is 345 g/mol. The molecule has 1 atom stereocenters. The van der Waals surface area contributed by atoms with Crippen molar-refractivity contribution in [3.63, 3.8) is 0 Å². The van der Waals surface area contributed by atoms with Gasteiger partial charge in [-0.15, -0.1) is 0 Å². The van der Waals surface area contributed by atoms with E-state index < -0.39 is 10.0 Å². The number of para-hydroxylation sites is 1. The molecule has 3 rings (SSSR count). The zero-order valence-electron chi connectivity index (χ0n) is 14.1. The molecule has 128 valence electrons. The van der Waals surface area contributed by atoms with Crippen LogP contribution in [0.5, 0.6) is 5.75 Å². The van der Waals surface area contributed by atoms with Crippen molar-refractivity contribution in [1.29, 1.82) is 0 Å². The van der Waals surface area contributed by atoms with Gasteiger partial charge in [-0.05, 0) is 30.0 Å². The van der Waals surface area contributed by atoms with Gasteiger partial charge in [0.25, 0.3) is 0 Å². The number of ether oxygens (including phenoxy) is 1. The van der Waals surface area contributed by atoms with Crippen molar-refractivity contribution in [3.8, 4) is 5.75 Å². The molecule has 1 aliphatic rings. The fourth-order valence-electron chi connectivity index (χ4n) is 3.43. The van der Waals surface area contributed by atoms with Crippen molar-refractivity contribution in [1.82, 2.24) is 4.31 Å². The summed E-state index contributed by atoms with van der Waals surface area (Å²) in [5, 5.41) is 0. The molecular formula is C19H23NO3S. The first-order valence-electron chi connectivity index (χ1n) is 8.28. The quantitative estimate of drug-likeness (QED) is 0.834. The Kier molecular flexibility index (Phi) is 4.92. The predicted molar refractivity (Wildman–Crippen MR) is 95.8 cm³/mol. The second-order valence-electron chi connectivity index (χ2n) is 6.02. The number of hydrogen-bond donors (Lipinski definition) is 0. The molecule has 5 heteroatoms. The van der Waals surface area contributed by atoms with E-state index in [0.717, 1.165) is 23.3 Å². The van der Waals surface area contributed by atoms with E-state index in [0.29, 0.717) is 13.0 Å². The van der Waals surface area contributed by atoms with E-state index in [1.54, 1.807) is 11.4 Å². The Bertz CT molecular complexity index is 817. The first-order valence-corrected chi connectivity index (χ1v) is 9.89. The summed E-state index contributed by atoms with van der Waals surface area (Å²) in [6.45, 7) is 2.40. The van der Waals surface area contributed by atoms with Crippen LogP contribution in [0.3, 0.4) is 0 Å². The van der Waals surface area contributed by atoms with Gasteiger partial charge in [-0.3, -0.25) is 0 Å². The molecule has 0 bridgehead atoms. The van der Waals surface area contributed by atoms with E-state index in [4.69, 9.17) is 4.74 Å². The molecule has 0 aliphatic carbocycles. The van der Waals surface area contributed by atoms with Gasteiger partial charge < -0.3 is 4.74 Å². The Labute approximate surface area is 144 Å². The summed E-state index contributed by atoms with van der Waals surface area (Å²) in [6.07, 6.45) is 1.35. The zero-order chi connectivity index (χ0) is 17.2. The lowest BCUT2D eigenvalue weighted by atomic mass is 9.89. The summed E-state index contributed by atoms with van der Waals surface area (Å²) >= 11 is 0. The molecular weight excluding hydrogens is 322 g/mol. The molecule has 0 saturated carbocycles. The number of sulfonamides is 1. The Morgan fingerprint density at radius 1 is 1.08 bits per heavy atom. The maximum absolute atomic E-state index is 12.9. The number of benzene rings is 2. The summed E-state index contributed by atoms with van der Waals surface area (Å²) in [5.41, 5.74) is 3.15. The number of rotatable bonds is 5. The highest BCUT2D eigenvalue weighted by Gasteiger charge is 2.37. The van der Waals surface area contributed by atoms with Crippen molar-refractivity contribution in [3.05, 3.63) is 65.2 Å². The number of hydrogen-bond acceptors (Lipinski definition) is 3. The molecule has 0 amide bonds. The topological polar surface area (TPSA) is 46.6 Å². The maximum atomic E-state index is 12.9. The van der Waals surface area contributed by atoms with Gasteiger partial charge in [-0.2, -0.15) is 4.31 Å². The Morgan fingerprint density at radius 2 is 1.75 bits per heavy atom. The van der Waals surface area contributed by atoms with Crippen molar-refractivity contribution < 1.29 is 13.2 Å². The summed E-state index contributed by atoms with van der Waals surface area (Å²) in [5.74, 6) is 0.886. The van der Waals surface area contributed by atoms with Crippen molar-refractivity contribution in [2.24, 2.45) is 0 Å². The highest BCUT2D eigenvalue weighted by Crippen LogP contribution is 2.40. The SMILES string of the molecule is CCCS(=O)(=O)N1CCc2ccccc2C1c1ccccc1OC. The van der Waals surface area contributed by atoms with E-state index >= 15 is 0 Å². The molecule has 0 saturated heterocycles. The van der Waals surface area contributed by atoms with Gasteiger partial charge in [0, 0.05) is 12.1 Å². The molecule has 0 spiro atoms. The van der Waals surface area contributed by atoms with Gasteiger partial charge in [-0.1, -0.05) is 49.4 Å². The van der Waals surface area contributed by atoms with Crippen LogP contribution in [0.2, 0.25) is 0 Å². The molecule has 4 nitrogen and oxygen atoms in total. The van der Waals surface area contributed by atoms with Gasteiger partial charge in [0.1, 0.15) is 5.75 Å². The van der Waals surface area contributed by atoms with Crippen LogP contribution in [0.1, 0.15) is 36.1 Å². The molecule has 2 aromatic rings. The van der Waals surface area contributed by atoms with Crippen LogP contribution in [0, 0.1) is 0 Å². The van der Waals surface area contributed by atoms with Gasteiger partial charge >= 0.3 is 0 Å². The zero-order valence-corrected chi connectivity index (χ0v) is 14.9. The third-order valence-corrected chi connectivity index (χ3v) is 6.52. The van der Waals surface area contributed by atoms with E-state index in [1.807, 2.05) is 49.4 Å². The van der Waals surface area contributed by atoms with Crippen LogP contribution in [-0.4, -0.2) is 32.1 Å². The molecule has 1 heterocycles. The standard InChI is InChI=1S/C19H23NO3S/c1-3-14-24(21,22)20-13-12-15-8-4-5-9-16(15)19(20)17-10-6-7-11-18(17)23-2/h4-11,19H,3,12-14H2,1-2H3. The van der Waals surface area contributed by atoms with E-state index in [-0.39, 0.29) is 11.8 Å². The fraction of sp³-hybridized carbons (Fsp3) is 0.368. The largest absolute Gasteiger partial charge is 0.496 e. The number of nitrogens with zero attached hydrogens (tertiary/aromatic N) is 1. The smallest absolute Gasteiger partial charge is 0.214 e. The van der Waals surface area contributed by atoms with Crippen LogP contribution < -0.4 is 4.74 Å². The summed E-state index contributed by atoms with van der Waals surface area (Å²) in [7, 11) is -1.70. The lowest BCUT2D eigenvalue weighted by molar-refractivity contribution is 0.330. The number of methoxy groups -OCH3 is 1. The highest BCUT2D eigenvalue weighted by molar-refractivity contribution is 7.89. The summed E-state index contributed by atoms with van der Waals surface area (Å²) in [6, 6.07) is 15.4. The number of fused-ring (bicyclic) bond motifs is 1.